The van der Waals surface area contributed by atoms with Gasteiger partial charge in [0.05, 0.1) is 0 Å². The first kappa shape index (κ1) is 15.8. The first-order valence-electron chi connectivity index (χ1n) is 7.71. The van der Waals surface area contributed by atoms with Crippen LogP contribution in [-0.4, -0.2) is 48.5 Å². The van der Waals surface area contributed by atoms with Gasteiger partial charge in [-0.25, -0.2) is 4.98 Å². The summed E-state index contributed by atoms with van der Waals surface area (Å²) >= 11 is 0. The Bertz CT molecular complexity index is 503. The smallest absolute Gasteiger partial charge is 0.251 e. The molecule has 0 radical (unpaired) electrons. The van der Waals surface area contributed by atoms with Crippen molar-refractivity contribution in [3.05, 3.63) is 23.4 Å². The third-order valence-electron chi connectivity index (χ3n) is 4.00. The molecule has 0 spiro atoms. The number of rotatable bonds is 4. The number of anilines is 1. The van der Waals surface area contributed by atoms with Crippen molar-refractivity contribution in [1.29, 1.82) is 0 Å². The average molecular weight is 290 g/mol. The van der Waals surface area contributed by atoms with E-state index in [4.69, 9.17) is 0 Å². The zero-order valence-corrected chi connectivity index (χ0v) is 13.4. The maximum Gasteiger partial charge on any atom is 0.251 e. The molecule has 2 N–H and O–H groups in total. The van der Waals surface area contributed by atoms with Crippen LogP contribution in [0.25, 0.3) is 0 Å². The van der Waals surface area contributed by atoms with E-state index in [2.05, 4.69) is 34.5 Å². The van der Waals surface area contributed by atoms with Crippen molar-refractivity contribution >= 4 is 11.7 Å². The molecule has 2 atom stereocenters. The molecular formula is C16H26N4O. The third kappa shape index (κ3) is 4.17. The highest BCUT2D eigenvalue weighted by atomic mass is 16.1. The van der Waals surface area contributed by atoms with Gasteiger partial charge in [0.25, 0.3) is 5.91 Å². The first-order chi connectivity index (χ1) is 9.99. The van der Waals surface area contributed by atoms with Crippen molar-refractivity contribution in [2.45, 2.75) is 33.2 Å². The zero-order valence-electron chi connectivity index (χ0n) is 13.4. The molecule has 1 aliphatic rings. The summed E-state index contributed by atoms with van der Waals surface area (Å²) in [4.78, 5) is 19.2. The van der Waals surface area contributed by atoms with Gasteiger partial charge >= 0.3 is 0 Å². The fourth-order valence-electron chi connectivity index (χ4n) is 2.89. The molecule has 21 heavy (non-hydrogen) atoms. The van der Waals surface area contributed by atoms with E-state index in [1.807, 2.05) is 26.0 Å². The summed E-state index contributed by atoms with van der Waals surface area (Å²) in [5.74, 6) is 1.24. The molecule has 1 amide bonds. The highest BCUT2D eigenvalue weighted by Gasteiger charge is 2.25. The lowest BCUT2D eigenvalue weighted by molar-refractivity contribution is 0.0883. The number of carbonyl (C=O) groups excluding carboxylic acids is 1. The largest absolute Gasteiger partial charge is 0.370 e. The van der Waals surface area contributed by atoms with E-state index in [0.29, 0.717) is 11.5 Å². The van der Waals surface area contributed by atoms with E-state index in [1.165, 1.54) is 0 Å². The second-order valence-corrected chi connectivity index (χ2v) is 6.02. The summed E-state index contributed by atoms with van der Waals surface area (Å²) in [6.07, 6.45) is 1.01. The molecular weight excluding hydrogens is 264 g/mol. The maximum absolute atomic E-state index is 12.5. The van der Waals surface area contributed by atoms with E-state index in [9.17, 15) is 4.79 Å². The van der Waals surface area contributed by atoms with Gasteiger partial charge in [-0.3, -0.25) is 4.79 Å². The molecule has 5 heteroatoms. The van der Waals surface area contributed by atoms with E-state index in [1.54, 1.807) is 0 Å². The Morgan fingerprint density at radius 1 is 1.48 bits per heavy atom. The normalized spacial score (nSPS) is 22.9. The van der Waals surface area contributed by atoms with E-state index in [0.717, 1.165) is 37.6 Å². The Labute approximate surface area is 127 Å². The summed E-state index contributed by atoms with van der Waals surface area (Å²) < 4.78 is 0. The zero-order chi connectivity index (χ0) is 15.4. The minimum Gasteiger partial charge on any atom is -0.370 e. The predicted molar refractivity (Wildman–Crippen MR) is 85.7 cm³/mol. The van der Waals surface area contributed by atoms with Crippen LogP contribution >= 0.6 is 0 Å². The molecule has 116 valence electrons. The lowest BCUT2D eigenvalue weighted by atomic mass is 9.94. The van der Waals surface area contributed by atoms with Crippen molar-refractivity contribution in [3.8, 4) is 0 Å². The Hall–Kier alpha value is -1.62. The highest BCUT2D eigenvalue weighted by Crippen LogP contribution is 2.17. The maximum atomic E-state index is 12.5. The van der Waals surface area contributed by atoms with Gasteiger partial charge in [0.2, 0.25) is 0 Å². The van der Waals surface area contributed by atoms with Crippen LogP contribution in [0, 0.1) is 12.8 Å². The van der Waals surface area contributed by atoms with E-state index >= 15 is 0 Å². The summed E-state index contributed by atoms with van der Waals surface area (Å²) in [6.45, 7) is 8.99. The third-order valence-corrected chi connectivity index (χ3v) is 4.00. The van der Waals surface area contributed by atoms with Crippen LogP contribution in [0.1, 0.15) is 36.3 Å². The molecule has 0 aromatic carbocycles. The molecule has 2 rings (SSSR count). The summed E-state index contributed by atoms with van der Waals surface area (Å²) in [6, 6.07) is 3.92. The number of likely N-dealkylation sites (tertiary alicyclic amines) is 1. The van der Waals surface area contributed by atoms with Crippen LogP contribution in [0.4, 0.5) is 5.82 Å². The Balaban J connectivity index is 2.06. The molecule has 1 saturated heterocycles. The number of pyridine rings is 1. The topological polar surface area (TPSA) is 57.3 Å². The number of carbonyl (C=O) groups is 1. The van der Waals surface area contributed by atoms with Crippen LogP contribution < -0.4 is 10.6 Å². The number of hydrogen-bond acceptors (Lipinski definition) is 4. The van der Waals surface area contributed by atoms with Crippen LogP contribution in [0.3, 0.4) is 0 Å². The second kappa shape index (κ2) is 6.89. The van der Waals surface area contributed by atoms with Crippen molar-refractivity contribution < 1.29 is 4.79 Å². The molecule has 1 aromatic heterocycles. The van der Waals surface area contributed by atoms with E-state index in [-0.39, 0.29) is 11.9 Å². The molecule has 0 saturated carbocycles. The fraction of sp³-hybridized carbons (Fsp3) is 0.625. The molecule has 1 aliphatic heterocycles. The van der Waals surface area contributed by atoms with Crippen molar-refractivity contribution in [3.63, 3.8) is 0 Å². The van der Waals surface area contributed by atoms with Gasteiger partial charge < -0.3 is 15.5 Å². The summed E-state index contributed by atoms with van der Waals surface area (Å²) in [5, 5.41) is 6.34. The van der Waals surface area contributed by atoms with Gasteiger partial charge in [0.1, 0.15) is 5.82 Å². The molecule has 1 fully saturated rings. The number of piperidine rings is 1. The monoisotopic (exact) mass is 290 g/mol. The number of hydrogen-bond donors (Lipinski definition) is 2. The van der Waals surface area contributed by atoms with Gasteiger partial charge in [-0.15, -0.1) is 0 Å². The van der Waals surface area contributed by atoms with Gasteiger partial charge in [-0.2, -0.15) is 0 Å². The number of aromatic nitrogens is 1. The summed E-state index contributed by atoms with van der Waals surface area (Å²) in [7, 11) is 2.13. The average Bonchev–Trinajstić information content (AvgIpc) is 2.41. The van der Waals surface area contributed by atoms with Gasteiger partial charge in [-0.05, 0) is 51.9 Å². The summed E-state index contributed by atoms with van der Waals surface area (Å²) in [5.41, 5.74) is 1.54. The lowest BCUT2D eigenvalue weighted by Crippen LogP contribution is -2.48. The number of nitrogens with one attached hydrogen (secondary N) is 2. The van der Waals surface area contributed by atoms with Crippen LogP contribution in [0.5, 0.6) is 0 Å². The molecule has 0 aliphatic carbocycles. The number of amides is 1. The van der Waals surface area contributed by atoms with Crippen molar-refractivity contribution in [2.24, 2.45) is 5.92 Å². The molecule has 2 heterocycles. The second-order valence-electron chi connectivity index (χ2n) is 6.02. The quantitative estimate of drug-likeness (QED) is 0.889. The fourth-order valence-corrected chi connectivity index (χ4v) is 2.89. The molecule has 1 aromatic rings. The van der Waals surface area contributed by atoms with Crippen molar-refractivity contribution in [2.75, 3.05) is 32.0 Å². The first-order valence-corrected chi connectivity index (χ1v) is 7.71. The van der Waals surface area contributed by atoms with Gasteiger partial charge in [0, 0.05) is 30.4 Å². The minimum atomic E-state index is 0.000978. The van der Waals surface area contributed by atoms with Crippen LogP contribution in [0.15, 0.2) is 12.1 Å². The van der Waals surface area contributed by atoms with E-state index < -0.39 is 0 Å². The number of aryl methyl sites for hydroxylation is 1. The minimum absolute atomic E-state index is 0.000978. The number of nitrogens with zero attached hydrogens (tertiary/aromatic N) is 2. The molecule has 2 unspecified atom stereocenters. The highest BCUT2D eigenvalue weighted by molar-refractivity contribution is 5.95. The Kier molecular flexibility index (Phi) is 5.17. The SMILES string of the molecule is CCNc1cc(C(=O)NC2CCN(C)CC2C)cc(C)n1. The lowest BCUT2D eigenvalue weighted by Gasteiger charge is -2.35. The molecule has 0 bridgehead atoms. The van der Waals surface area contributed by atoms with Crippen LogP contribution in [-0.2, 0) is 0 Å². The van der Waals surface area contributed by atoms with Crippen molar-refractivity contribution in [1.82, 2.24) is 15.2 Å². The predicted octanol–water partition coefficient (Wildman–Crippen LogP) is 1.89. The Morgan fingerprint density at radius 3 is 2.90 bits per heavy atom. The molecule has 5 nitrogen and oxygen atoms in total. The van der Waals surface area contributed by atoms with Crippen LogP contribution in [0.2, 0.25) is 0 Å². The standard InChI is InChI=1S/C16H26N4O/c1-5-17-15-9-13(8-12(3)18-15)16(21)19-14-6-7-20(4)10-11(14)2/h8-9,11,14H,5-7,10H2,1-4H3,(H,17,18)(H,19,21). The van der Waals surface area contributed by atoms with Gasteiger partial charge in [0.15, 0.2) is 0 Å². The Morgan fingerprint density at radius 2 is 2.24 bits per heavy atom. The van der Waals surface area contributed by atoms with Gasteiger partial charge in [-0.1, -0.05) is 6.92 Å².